The molecule has 0 aliphatic carbocycles. The van der Waals surface area contributed by atoms with E-state index in [-0.39, 0.29) is 0 Å². The molecule has 0 aliphatic heterocycles. The zero-order valence-corrected chi connectivity index (χ0v) is 14.5. The molecule has 0 aromatic carbocycles. The maximum Gasteiger partial charge on any atom is 0.137 e. The molecular formula is C15H28N4S. The molecule has 1 aromatic rings. The highest BCUT2D eigenvalue weighted by atomic mass is 32.2. The molecule has 0 aliphatic rings. The zero-order chi connectivity index (χ0) is 15.1. The minimum Gasteiger partial charge on any atom is -0.370 e. The van der Waals surface area contributed by atoms with Gasteiger partial charge in [0.25, 0.3) is 0 Å². The summed E-state index contributed by atoms with van der Waals surface area (Å²) in [6.07, 6.45) is 3.23. The van der Waals surface area contributed by atoms with Crippen LogP contribution in [0, 0.1) is 6.92 Å². The highest BCUT2D eigenvalue weighted by Crippen LogP contribution is 2.25. The maximum atomic E-state index is 4.76. The minimum absolute atomic E-state index is 0.338. The van der Waals surface area contributed by atoms with Gasteiger partial charge < -0.3 is 10.2 Å². The van der Waals surface area contributed by atoms with Crippen LogP contribution >= 0.6 is 11.8 Å². The average molecular weight is 296 g/mol. The predicted octanol–water partition coefficient (Wildman–Crippen LogP) is 3.53. The largest absolute Gasteiger partial charge is 0.370 e. The van der Waals surface area contributed by atoms with Crippen LogP contribution < -0.4 is 10.2 Å². The predicted molar refractivity (Wildman–Crippen MR) is 91.3 cm³/mol. The van der Waals surface area contributed by atoms with Crippen LogP contribution in [0.5, 0.6) is 0 Å². The molecule has 1 rings (SSSR count). The van der Waals surface area contributed by atoms with Crippen molar-refractivity contribution in [3.63, 3.8) is 0 Å². The van der Waals surface area contributed by atoms with E-state index in [1.54, 1.807) is 0 Å². The number of nitrogens with zero attached hydrogens (tertiary/aromatic N) is 3. The molecule has 20 heavy (non-hydrogen) atoms. The molecule has 1 heterocycles. The summed E-state index contributed by atoms with van der Waals surface area (Å²) in [4.78, 5) is 11.7. The topological polar surface area (TPSA) is 41.1 Å². The number of hydrogen-bond donors (Lipinski definition) is 1. The summed E-state index contributed by atoms with van der Waals surface area (Å²) in [5, 5.41) is 3.43. The van der Waals surface area contributed by atoms with Crippen molar-refractivity contribution in [3.8, 4) is 0 Å². The third kappa shape index (κ3) is 4.54. The summed E-state index contributed by atoms with van der Waals surface area (Å²) >= 11 is 1.86. The van der Waals surface area contributed by atoms with Gasteiger partial charge in [-0.05, 0) is 19.6 Å². The van der Waals surface area contributed by atoms with Gasteiger partial charge >= 0.3 is 0 Å². The Morgan fingerprint density at radius 1 is 1.30 bits per heavy atom. The van der Waals surface area contributed by atoms with Gasteiger partial charge in [0.15, 0.2) is 0 Å². The second kappa shape index (κ2) is 8.35. The molecule has 0 saturated carbocycles. The molecule has 1 aromatic heterocycles. The molecule has 0 saturated heterocycles. The van der Waals surface area contributed by atoms with Gasteiger partial charge in [-0.3, -0.25) is 0 Å². The van der Waals surface area contributed by atoms with Gasteiger partial charge in [-0.15, -0.1) is 0 Å². The zero-order valence-electron chi connectivity index (χ0n) is 13.7. The third-order valence-corrected chi connectivity index (χ3v) is 3.78. The SMILES string of the molecule is CCCNc1nc(C(C)C)nc(N(C)CCSC)c1C. The van der Waals surface area contributed by atoms with Crippen molar-refractivity contribution < 1.29 is 0 Å². The van der Waals surface area contributed by atoms with E-state index in [9.17, 15) is 0 Å². The molecule has 5 heteroatoms. The fourth-order valence-electron chi connectivity index (χ4n) is 1.90. The number of aromatic nitrogens is 2. The van der Waals surface area contributed by atoms with Gasteiger partial charge in [0.2, 0.25) is 0 Å². The normalized spacial score (nSPS) is 10.9. The van der Waals surface area contributed by atoms with Crippen LogP contribution in [0.2, 0.25) is 0 Å². The Morgan fingerprint density at radius 3 is 2.55 bits per heavy atom. The van der Waals surface area contributed by atoms with Crippen molar-refractivity contribution in [2.75, 3.05) is 42.4 Å². The second-order valence-corrected chi connectivity index (χ2v) is 6.36. The standard InChI is InChI=1S/C15H28N4S/c1-7-8-16-14-12(4)15(19(5)9-10-20-6)18-13(17-14)11(2)3/h11H,7-10H2,1-6H3,(H,16,17,18). The number of rotatable bonds is 8. The molecule has 0 fully saturated rings. The van der Waals surface area contributed by atoms with Crippen LogP contribution in [0.15, 0.2) is 0 Å². The van der Waals surface area contributed by atoms with Gasteiger partial charge in [-0.25, -0.2) is 9.97 Å². The molecule has 114 valence electrons. The molecule has 0 atom stereocenters. The molecule has 1 N–H and O–H groups in total. The van der Waals surface area contributed by atoms with Gasteiger partial charge in [-0.1, -0.05) is 20.8 Å². The van der Waals surface area contributed by atoms with Gasteiger partial charge in [0.05, 0.1) is 0 Å². The lowest BCUT2D eigenvalue weighted by molar-refractivity contribution is 0.761. The summed E-state index contributed by atoms with van der Waals surface area (Å²) in [5.74, 6) is 4.40. The first-order chi connectivity index (χ1) is 9.51. The fraction of sp³-hybridized carbons (Fsp3) is 0.733. The Morgan fingerprint density at radius 2 is 2.00 bits per heavy atom. The number of nitrogens with one attached hydrogen (secondary N) is 1. The number of thioether (sulfide) groups is 1. The van der Waals surface area contributed by atoms with Crippen LogP contribution in [0.4, 0.5) is 11.6 Å². The Balaban J connectivity index is 3.09. The first-order valence-electron chi connectivity index (χ1n) is 7.33. The molecule has 0 radical (unpaired) electrons. The minimum atomic E-state index is 0.338. The van der Waals surface area contributed by atoms with Crippen LogP contribution in [0.1, 0.15) is 44.5 Å². The Kier molecular flexibility index (Phi) is 7.13. The lowest BCUT2D eigenvalue weighted by atomic mass is 10.2. The second-order valence-electron chi connectivity index (χ2n) is 5.37. The van der Waals surface area contributed by atoms with Gasteiger partial charge in [-0.2, -0.15) is 11.8 Å². The summed E-state index contributed by atoms with van der Waals surface area (Å²) in [7, 11) is 2.11. The van der Waals surface area contributed by atoms with Crippen molar-refractivity contribution in [2.24, 2.45) is 0 Å². The lowest BCUT2D eigenvalue weighted by Gasteiger charge is -2.23. The highest BCUT2D eigenvalue weighted by molar-refractivity contribution is 7.98. The van der Waals surface area contributed by atoms with E-state index in [0.717, 1.165) is 48.3 Å². The summed E-state index contributed by atoms with van der Waals surface area (Å²) in [6, 6.07) is 0. The number of hydrogen-bond acceptors (Lipinski definition) is 5. The van der Waals surface area contributed by atoms with E-state index in [1.807, 2.05) is 11.8 Å². The molecule has 0 bridgehead atoms. The van der Waals surface area contributed by atoms with Crippen LogP contribution in [0.3, 0.4) is 0 Å². The molecule has 0 spiro atoms. The molecule has 0 amide bonds. The molecule has 4 nitrogen and oxygen atoms in total. The van der Waals surface area contributed by atoms with E-state index in [4.69, 9.17) is 4.98 Å². The van der Waals surface area contributed by atoms with Crippen molar-refractivity contribution >= 4 is 23.4 Å². The van der Waals surface area contributed by atoms with E-state index in [2.05, 4.69) is 56.2 Å². The van der Waals surface area contributed by atoms with E-state index < -0.39 is 0 Å². The van der Waals surface area contributed by atoms with Gasteiger partial charge in [0.1, 0.15) is 17.5 Å². The van der Waals surface area contributed by atoms with Crippen LogP contribution in [-0.2, 0) is 0 Å². The van der Waals surface area contributed by atoms with Crippen LogP contribution in [0.25, 0.3) is 0 Å². The Bertz CT molecular complexity index is 421. The van der Waals surface area contributed by atoms with E-state index in [1.165, 1.54) is 0 Å². The van der Waals surface area contributed by atoms with Crippen molar-refractivity contribution in [1.82, 2.24) is 9.97 Å². The smallest absolute Gasteiger partial charge is 0.137 e. The third-order valence-electron chi connectivity index (χ3n) is 3.19. The quantitative estimate of drug-likeness (QED) is 0.795. The monoisotopic (exact) mass is 296 g/mol. The molecule has 0 unspecified atom stereocenters. The van der Waals surface area contributed by atoms with E-state index >= 15 is 0 Å². The highest BCUT2D eigenvalue weighted by Gasteiger charge is 2.15. The van der Waals surface area contributed by atoms with Crippen LogP contribution in [-0.4, -0.2) is 42.1 Å². The summed E-state index contributed by atoms with van der Waals surface area (Å²) in [6.45, 7) is 10.5. The first-order valence-corrected chi connectivity index (χ1v) is 8.73. The fourth-order valence-corrected chi connectivity index (χ4v) is 2.36. The van der Waals surface area contributed by atoms with Crippen molar-refractivity contribution in [2.45, 2.75) is 40.0 Å². The summed E-state index contributed by atoms with van der Waals surface area (Å²) < 4.78 is 0. The lowest BCUT2D eigenvalue weighted by Crippen LogP contribution is -2.24. The molecular weight excluding hydrogens is 268 g/mol. The van der Waals surface area contributed by atoms with Crippen molar-refractivity contribution in [3.05, 3.63) is 11.4 Å². The van der Waals surface area contributed by atoms with Gasteiger partial charge in [0, 0.05) is 37.4 Å². The summed E-state index contributed by atoms with van der Waals surface area (Å²) in [5.41, 5.74) is 1.14. The Labute approximate surface area is 127 Å². The maximum absolute atomic E-state index is 4.76. The average Bonchev–Trinajstić information content (AvgIpc) is 2.43. The first kappa shape index (κ1) is 17.1. The number of anilines is 2. The van der Waals surface area contributed by atoms with E-state index in [0.29, 0.717) is 5.92 Å². The Hall–Kier alpha value is -0.970. The van der Waals surface area contributed by atoms with Crippen molar-refractivity contribution in [1.29, 1.82) is 0 Å².